The van der Waals surface area contributed by atoms with E-state index in [4.69, 9.17) is 4.84 Å². The van der Waals surface area contributed by atoms with E-state index in [0.29, 0.717) is 18.0 Å². The summed E-state index contributed by atoms with van der Waals surface area (Å²) in [7, 11) is 0. The maximum absolute atomic E-state index is 12.4. The van der Waals surface area contributed by atoms with Gasteiger partial charge in [-0.25, -0.2) is 10.0 Å². The second kappa shape index (κ2) is 5.40. The third-order valence-electron chi connectivity index (χ3n) is 2.95. The maximum Gasteiger partial charge on any atom is 0.289 e. The summed E-state index contributed by atoms with van der Waals surface area (Å²) in [6.07, 6.45) is 2.02. The van der Waals surface area contributed by atoms with Crippen LogP contribution in [-0.2, 0) is 4.84 Å². The lowest BCUT2D eigenvalue weighted by molar-refractivity contribution is -0.144. The van der Waals surface area contributed by atoms with Crippen LogP contribution in [0.3, 0.4) is 0 Å². The van der Waals surface area contributed by atoms with Gasteiger partial charge in [-0.05, 0) is 31.2 Å². The highest BCUT2D eigenvalue weighted by atomic mass is 32.1. The summed E-state index contributed by atoms with van der Waals surface area (Å²) in [4.78, 5) is 24.1. The third kappa shape index (κ3) is 2.56. The summed E-state index contributed by atoms with van der Waals surface area (Å²) < 4.78 is 0. The van der Waals surface area contributed by atoms with Gasteiger partial charge < -0.3 is 0 Å². The highest BCUT2D eigenvalue weighted by Gasteiger charge is 2.24. The predicted molar refractivity (Wildman–Crippen MR) is 76.4 cm³/mol. The molecule has 1 amide bonds. The van der Waals surface area contributed by atoms with Gasteiger partial charge in [0, 0.05) is 6.54 Å². The Morgan fingerprint density at radius 3 is 3.05 bits per heavy atom. The Balaban J connectivity index is 1.86. The number of hydroxylamine groups is 2. The molecule has 2 aromatic rings. The first kappa shape index (κ1) is 12.8. The molecule has 4 nitrogen and oxygen atoms in total. The van der Waals surface area contributed by atoms with Crippen molar-refractivity contribution in [3.63, 3.8) is 0 Å². The smallest absolute Gasteiger partial charge is 0.271 e. The Morgan fingerprint density at radius 1 is 1.47 bits per heavy atom. The molecule has 0 N–H and O–H groups in total. The molecular weight excluding hydrogens is 280 g/mol. The molecule has 0 saturated carbocycles. The van der Waals surface area contributed by atoms with E-state index in [1.807, 2.05) is 24.4 Å². The monoisotopic (exact) mass is 294 g/mol. The number of hydrogen-bond acceptors (Lipinski definition) is 5. The molecule has 0 bridgehead atoms. The molecule has 6 heteroatoms. The van der Waals surface area contributed by atoms with Crippen LogP contribution in [0.15, 0.2) is 17.5 Å². The van der Waals surface area contributed by atoms with Crippen molar-refractivity contribution < 1.29 is 9.63 Å². The number of aromatic nitrogens is 1. The van der Waals surface area contributed by atoms with Crippen molar-refractivity contribution in [1.82, 2.24) is 10.0 Å². The number of amides is 1. The van der Waals surface area contributed by atoms with Gasteiger partial charge in [0.05, 0.1) is 17.2 Å². The SMILES string of the molecule is Cc1nc(-c2cccs2)sc1C(=O)N1CCCCO1. The van der Waals surface area contributed by atoms with Crippen molar-refractivity contribution in [2.75, 3.05) is 13.2 Å². The van der Waals surface area contributed by atoms with Gasteiger partial charge in [-0.3, -0.25) is 9.63 Å². The van der Waals surface area contributed by atoms with Crippen molar-refractivity contribution >= 4 is 28.6 Å². The lowest BCUT2D eigenvalue weighted by atomic mass is 10.3. The van der Waals surface area contributed by atoms with Crippen molar-refractivity contribution in [3.05, 3.63) is 28.1 Å². The van der Waals surface area contributed by atoms with Crippen LogP contribution in [-0.4, -0.2) is 29.1 Å². The topological polar surface area (TPSA) is 42.4 Å². The van der Waals surface area contributed by atoms with Crippen LogP contribution in [0, 0.1) is 6.92 Å². The summed E-state index contributed by atoms with van der Waals surface area (Å²) in [5, 5.41) is 4.40. The van der Waals surface area contributed by atoms with Gasteiger partial charge in [-0.2, -0.15) is 0 Å². The van der Waals surface area contributed by atoms with Crippen molar-refractivity contribution in [3.8, 4) is 9.88 Å². The predicted octanol–water partition coefficient (Wildman–Crippen LogP) is 3.35. The molecule has 1 aliphatic rings. The Labute approximate surface area is 119 Å². The summed E-state index contributed by atoms with van der Waals surface area (Å²) in [6, 6.07) is 4.01. The molecule has 3 rings (SSSR count). The highest BCUT2D eigenvalue weighted by Crippen LogP contribution is 2.32. The first-order valence-corrected chi connectivity index (χ1v) is 7.91. The van der Waals surface area contributed by atoms with E-state index in [0.717, 1.165) is 28.4 Å². The molecule has 0 radical (unpaired) electrons. The summed E-state index contributed by atoms with van der Waals surface area (Å²) >= 11 is 3.08. The zero-order valence-corrected chi connectivity index (χ0v) is 12.2. The average molecular weight is 294 g/mol. The quantitative estimate of drug-likeness (QED) is 0.853. The summed E-state index contributed by atoms with van der Waals surface area (Å²) in [5.74, 6) is -0.0579. The molecule has 2 aromatic heterocycles. The molecule has 100 valence electrons. The Kier molecular flexibility index (Phi) is 3.63. The number of nitrogens with zero attached hydrogens (tertiary/aromatic N) is 2. The molecular formula is C13H14N2O2S2. The fourth-order valence-electron chi connectivity index (χ4n) is 1.97. The van der Waals surface area contributed by atoms with Crippen molar-refractivity contribution in [2.45, 2.75) is 19.8 Å². The Morgan fingerprint density at radius 2 is 2.37 bits per heavy atom. The number of carbonyl (C=O) groups is 1. The van der Waals surface area contributed by atoms with Crippen LogP contribution in [0.25, 0.3) is 9.88 Å². The minimum absolute atomic E-state index is 0.0579. The molecule has 0 aromatic carbocycles. The lowest BCUT2D eigenvalue weighted by Gasteiger charge is -2.25. The van der Waals surface area contributed by atoms with E-state index in [9.17, 15) is 4.79 Å². The fourth-order valence-corrected chi connectivity index (χ4v) is 3.77. The molecule has 0 aliphatic carbocycles. The number of thiazole rings is 1. The van der Waals surface area contributed by atoms with Gasteiger partial charge in [0.15, 0.2) is 0 Å². The Hall–Kier alpha value is -1.24. The van der Waals surface area contributed by atoms with Crippen LogP contribution in [0.5, 0.6) is 0 Å². The van der Waals surface area contributed by atoms with Crippen molar-refractivity contribution in [2.24, 2.45) is 0 Å². The van der Waals surface area contributed by atoms with Gasteiger partial charge in [-0.15, -0.1) is 22.7 Å². The van der Waals surface area contributed by atoms with E-state index in [-0.39, 0.29) is 5.91 Å². The molecule has 0 spiro atoms. The van der Waals surface area contributed by atoms with E-state index in [1.165, 1.54) is 16.4 Å². The van der Waals surface area contributed by atoms with E-state index in [1.54, 1.807) is 11.3 Å². The normalized spacial score (nSPS) is 15.7. The molecule has 1 fully saturated rings. The van der Waals surface area contributed by atoms with Crippen LogP contribution >= 0.6 is 22.7 Å². The van der Waals surface area contributed by atoms with Crippen molar-refractivity contribution in [1.29, 1.82) is 0 Å². The number of rotatable bonds is 2. The Bertz CT molecular complexity index is 571. The largest absolute Gasteiger partial charge is 0.289 e. The first-order chi connectivity index (χ1) is 9.25. The van der Waals surface area contributed by atoms with Crippen LogP contribution < -0.4 is 0 Å². The number of aryl methyl sites for hydroxylation is 1. The van der Waals surface area contributed by atoms with Crippen LogP contribution in [0.4, 0.5) is 0 Å². The van der Waals surface area contributed by atoms with Crippen LogP contribution in [0.1, 0.15) is 28.2 Å². The molecule has 3 heterocycles. The summed E-state index contributed by atoms with van der Waals surface area (Å²) in [5.41, 5.74) is 0.785. The summed E-state index contributed by atoms with van der Waals surface area (Å²) in [6.45, 7) is 3.18. The minimum atomic E-state index is -0.0579. The standard InChI is InChI=1S/C13H14N2O2S2/c1-9-11(13(16)15-6-2-3-7-17-15)19-12(14-9)10-5-4-8-18-10/h4-5,8H,2-3,6-7H2,1H3. The minimum Gasteiger partial charge on any atom is -0.271 e. The van der Waals surface area contributed by atoms with Gasteiger partial charge >= 0.3 is 0 Å². The maximum atomic E-state index is 12.4. The van der Waals surface area contributed by atoms with E-state index >= 15 is 0 Å². The molecule has 0 unspecified atom stereocenters. The average Bonchev–Trinajstić information content (AvgIpc) is 3.08. The van der Waals surface area contributed by atoms with E-state index < -0.39 is 0 Å². The molecule has 1 aliphatic heterocycles. The van der Waals surface area contributed by atoms with E-state index in [2.05, 4.69) is 4.98 Å². The van der Waals surface area contributed by atoms with Gasteiger partial charge in [0.2, 0.25) is 0 Å². The fraction of sp³-hybridized carbons (Fsp3) is 0.385. The van der Waals surface area contributed by atoms with Gasteiger partial charge in [-0.1, -0.05) is 6.07 Å². The molecule has 0 atom stereocenters. The zero-order valence-electron chi connectivity index (χ0n) is 10.6. The number of hydrogen-bond donors (Lipinski definition) is 0. The number of thiophene rings is 1. The number of carbonyl (C=O) groups excluding carboxylic acids is 1. The third-order valence-corrected chi connectivity index (χ3v) is 5.14. The molecule has 19 heavy (non-hydrogen) atoms. The second-order valence-electron chi connectivity index (χ2n) is 4.36. The first-order valence-electron chi connectivity index (χ1n) is 6.22. The van der Waals surface area contributed by atoms with Gasteiger partial charge in [0.1, 0.15) is 9.88 Å². The highest BCUT2D eigenvalue weighted by molar-refractivity contribution is 7.22. The lowest BCUT2D eigenvalue weighted by Crippen LogP contribution is -2.35. The zero-order chi connectivity index (χ0) is 13.2. The van der Waals surface area contributed by atoms with Gasteiger partial charge in [0.25, 0.3) is 5.91 Å². The van der Waals surface area contributed by atoms with Crippen LogP contribution in [0.2, 0.25) is 0 Å². The molecule has 1 saturated heterocycles. The second-order valence-corrected chi connectivity index (χ2v) is 6.31.